The molecule has 7 nitrogen and oxygen atoms in total. The van der Waals surface area contributed by atoms with E-state index in [9.17, 15) is 5.11 Å². The first-order valence-corrected chi connectivity index (χ1v) is 15.3. The number of rotatable bonds is 2. The Kier molecular flexibility index (Phi) is 5.50. The number of aryl methyl sites for hydroxylation is 1. The van der Waals surface area contributed by atoms with Crippen molar-refractivity contribution in [2.24, 2.45) is 28.6 Å². The van der Waals surface area contributed by atoms with E-state index < -0.39 is 34.0 Å². The second-order valence-electron chi connectivity index (χ2n) is 14.2. The molecule has 41 heavy (non-hydrogen) atoms. The van der Waals surface area contributed by atoms with Crippen LogP contribution >= 0.6 is 0 Å². The number of halogens is 1. The van der Waals surface area contributed by atoms with Crippen molar-refractivity contribution in [2.45, 2.75) is 89.5 Å². The summed E-state index contributed by atoms with van der Waals surface area (Å²) in [4.78, 5) is 0. The molecule has 0 bridgehead atoms. The summed E-state index contributed by atoms with van der Waals surface area (Å²) in [6, 6.07) is 8.49. The Morgan fingerprint density at radius 3 is 2.76 bits per heavy atom. The summed E-state index contributed by atoms with van der Waals surface area (Å²) in [7, 11) is 0. The summed E-state index contributed by atoms with van der Waals surface area (Å²) < 4.78 is 44.7. The van der Waals surface area contributed by atoms with Gasteiger partial charge in [-0.3, -0.25) is 4.68 Å². The van der Waals surface area contributed by atoms with E-state index in [2.05, 4.69) is 58.0 Å². The molecule has 220 valence electrons. The van der Waals surface area contributed by atoms with Gasteiger partial charge < -0.3 is 24.1 Å². The number of ether oxygens (including phenoxy) is 4. The van der Waals surface area contributed by atoms with Gasteiger partial charge in [0.1, 0.15) is 17.9 Å². The van der Waals surface area contributed by atoms with Crippen LogP contribution in [0.15, 0.2) is 36.0 Å². The molecule has 2 aliphatic heterocycles. The van der Waals surface area contributed by atoms with Crippen LogP contribution in [-0.4, -0.2) is 58.2 Å². The molecule has 2 saturated heterocycles. The Balaban J connectivity index is 1.16. The van der Waals surface area contributed by atoms with Crippen LogP contribution in [0, 0.1) is 35.5 Å². The monoisotopic (exact) mass is 564 g/mol. The maximum absolute atomic E-state index is 18.2. The number of benzene rings is 1. The molecule has 1 unspecified atom stereocenters. The van der Waals surface area contributed by atoms with Crippen molar-refractivity contribution in [1.82, 2.24) is 9.78 Å². The van der Waals surface area contributed by atoms with Gasteiger partial charge in [0.2, 0.25) is 5.79 Å². The first-order valence-electron chi connectivity index (χ1n) is 15.3. The Bertz CT molecular complexity index is 1430. The molecule has 3 heterocycles. The molecule has 5 fully saturated rings. The second kappa shape index (κ2) is 8.50. The first-order chi connectivity index (χ1) is 19.6. The van der Waals surface area contributed by atoms with E-state index in [1.165, 1.54) is 11.1 Å². The fourth-order valence-corrected chi connectivity index (χ4v) is 10.7. The molecule has 1 aromatic heterocycles. The van der Waals surface area contributed by atoms with Gasteiger partial charge in [-0.1, -0.05) is 56.2 Å². The molecule has 8 heteroatoms. The van der Waals surface area contributed by atoms with Crippen LogP contribution in [0.3, 0.4) is 0 Å². The molecule has 2 spiro atoms. The summed E-state index contributed by atoms with van der Waals surface area (Å²) >= 11 is 0. The third kappa shape index (κ3) is 3.08. The van der Waals surface area contributed by atoms with Crippen LogP contribution in [0.2, 0.25) is 0 Å². The molecular formula is C33H41FN2O5. The molecular weight excluding hydrogens is 523 g/mol. The smallest absolute Gasteiger partial charge is 0.227 e. The molecule has 1 aromatic carbocycles. The Morgan fingerprint density at radius 2 is 1.98 bits per heavy atom. The topological polar surface area (TPSA) is 75.0 Å². The fourth-order valence-electron chi connectivity index (χ4n) is 10.7. The van der Waals surface area contributed by atoms with E-state index in [1.54, 1.807) is 0 Å². The molecule has 9 atom stereocenters. The highest BCUT2D eigenvalue weighted by Crippen LogP contribution is 2.74. The van der Waals surface area contributed by atoms with Crippen LogP contribution in [0.1, 0.15) is 68.8 Å². The number of allylic oxidation sites excluding steroid dienone is 1. The Morgan fingerprint density at radius 1 is 1.15 bits per heavy atom. The van der Waals surface area contributed by atoms with Gasteiger partial charge in [0.25, 0.3) is 0 Å². The summed E-state index contributed by atoms with van der Waals surface area (Å²) in [5, 5.41) is 16.8. The number of aliphatic hydroxyl groups is 1. The number of alkyl halides is 1. The van der Waals surface area contributed by atoms with Gasteiger partial charge >= 0.3 is 0 Å². The number of aromatic nitrogens is 2. The lowest BCUT2D eigenvalue weighted by Crippen LogP contribution is -2.72. The maximum atomic E-state index is 18.2. The SMILES string of the molecule is Cc1cccc(Cn2ncc3c2C=C2CC[C@H]4[C@@H]5C[C@@H](C)[C@@]6(OCOC67COCO7)[C@@]5(C)C[C@H](O)[C@]4(F)[C@@]2(C)C3)c1. The number of hydrogen-bond donors (Lipinski definition) is 1. The molecule has 8 rings (SSSR count). The second-order valence-corrected chi connectivity index (χ2v) is 14.2. The fraction of sp³-hybridized carbons (Fsp3) is 0.667. The van der Waals surface area contributed by atoms with Crippen molar-refractivity contribution in [3.63, 3.8) is 0 Å². The van der Waals surface area contributed by atoms with E-state index >= 15 is 4.39 Å². The molecule has 2 aromatic rings. The molecule has 0 radical (unpaired) electrons. The Hall–Kier alpha value is -2.10. The van der Waals surface area contributed by atoms with Crippen molar-refractivity contribution in [1.29, 1.82) is 0 Å². The molecule has 6 aliphatic rings. The van der Waals surface area contributed by atoms with E-state index in [-0.39, 0.29) is 31.3 Å². The lowest BCUT2D eigenvalue weighted by Gasteiger charge is -2.64. The van der Waals surface area contributed by atoms with Crippen LogP contribution in [0.5, 0.6) is 0 Å². The average molecular weight is 565 g/mol. The molecule has 4 aliphatic carbocycles. The third-order valence-corrected chi connectivity index (χ3v) is 12.4. The van der Waals surface area contributed by atoms with Crippen molar-refractivity contribution < 1.29 is 28.4 Å². The summed E-state index contributed by atoms with van der Waals surface area (Å²) in [5.74, 6) is -1.22. The zero-order valence-electron chi connectivity index (χ0n) is 24.5. The van der Waals surface area contributed by atoms with Crippen LogP contribution in [-0.2, 0) is 31.9 Å². The highest BCUT2D eigenvalue weighted by molar-refractivity contribution is 5.61. The highest BCUT2D eigenvalue weighted by atomic mass is 19.1. The standard InChI is InChI=1S/C33H41FN2O5/c1-20-6-5-7-22(10-20)16-36-27-12-24-8-9-25-26-11-21(2)33(31(40-19-41-33)17-38-18-39-31)30(26,4)14-28(37)32(25,34)29(24,3)13-23(27)15-35-36/h5-7,10,12,15,21,25-26,28,37H,8-9,11,13-14,16-19H2,1-4H3/t21-,25+,26+,28+,29+,30+,31?,32+,33-/m1/s1. The lowest BCUT2D eigenvalue weighted by atomic mass is 9.43. The maximum Gasteiger partial charge on any atom is 0.227 e. The lowest BCUT2D eigenvalue weighted by molar-refractivity contribution is -0.279. The predicted octanol–water partition coefficient (Wildman–Crippen LogP) is 5.17. The van der Waals surface area contributed by atoms with Crippen LogP contribution in [0.4, 0.5) is 4.39 Å². The molecule has 0 amide bonds. The number of hydrogen-bond acceptors (Lipinski definition) is 6. The van der Waals surface area contributed by atoms with E-state index in [4.69, 9.17) is 24.0 Å². The quantitative estimate of drug-likeness (QED) is 0.542. The van der Waals surface area contributed by atoms with E-state index in [0.717, 1.165) is 29.7 Å². The highest BCUT2D eigenvalue weighted by Gasteiger charge is 2.81. The van der Waals surface area contributed by atoms with Gasteiger partial charge in [0, 0.05) is 16.7 Å². The van der Waals surface area contributed by atoms with Crippen LogP contribution in [0.25, 0.3) is 6.08 Å². The number of aliphatic hydroxyl groups excluding tert-OH is 1. The van der Waals surface area contributed by atoms with Crippen molar-refractivity contribution >= 4 is 6.08 Å². The largest absolute Gasteiger partial charge is 0.390 e. The van der Waals surface area contributed by atoms with Gasteiger partial charge in [-0.2, -0.15) is 5.10 Å². The van der Waals surface area contributed by atoms with Crippen molar-refractivity contribution in [3.8, 4) is 0 Å². The van der Waals surface area contributed by atoms with Gasteiger partial charge in [0.05, 0.1) is 24.5 Å². The van der Waals surface area contributed by atoms with Crippen molar-refractivity contribution in [3.05, 3.63) is 58.4 Å². The summed E-state index contributed by atoms with van der Waals surface area (Å²) in [6.07, 6.45) is 6.11. The first kappa shape index (κ1) is 26.5. The van der Waals surface area contributed by atoms with Gasteiger partial charge in [-0.25, -0.2) is 4.39 Å². The summed E-state index contributed by atoms with van der Waals surface area (Å²) in [6.45, 7) is 9.77. The van der Waals surface area contributed by atoms with Crippen molar-refractivity contribution in [2.75, 3.05) is 20.2 Å². The van der Waals surface area contributed by atoms with Gasteiger partial charge in [0.15, 0.2) is 13.6 Å². The van der Waals surface area contributed by atoms with Crippen LogP contribution < -0.4 is 0 Å². The zero-order valence-corrected chi connectivity index (χ0v) is 24.5. The molecule has 3 saturated carbocycles. The minimum atomic E-state index is -1.76. The average Bonchev–Trinajstić information content (AvgIpc) is 3.70. The molecule has 1 N–H and O–H groups in total. The van der Waals surface area contributed by atoms with E-state index in [0.29, 0.717) is 32.4 Å². The number of fused-ring (bicyclic) bond motifs is 8. The minimum absolute atomic E-state index is 0.0255. The summed E-state index contributed by atoms with van der Waals surface area (Å²) in [5.41, 5.74) is 1.77. The van der Waals surface area contributed by atoms with Gasteiger partial charge in [-0.05, 0) is 68.1 Å². The third-order valence-electron chi connectivity index (χ3n) is 12.4. The predicted molar refractivity (Wildman–Crippen MR) is 149 cm³/mol. The minimum Gasteiger partial charge on any atom is -0.390 e. The zero-order chi connectivity index (χ0) is 28.4. The normalized spacial score (nSPS) is 46.3. The number of nitrogens with zero attached hydrogens (tertiary/aromatic N) is 2. The van der Waals surface area contributed by atoms with E-state index in [1.807, 2.05) is 10.9 Å². The van der Waals surface area contributed by atoms with Gasteiger partial charge in [-0.15, -0.1) is 0 Å². The Labute approximate surface area is 241 Å².